The molecule has 1 rings (SSSR count). The van der Waals surface area contributed by atoms with E-state index >= 15 is 0 Å². The van der Waals surface area contributed by atoms with Gasteiger partial charge in [0.05, 0.1) is 11.9 Å². The first-order valence-electron chi connectivity index (χ1n) is 7.00. The minimum Gasteiger partial charge on any atom is -0.381 e. The topological polar surface area (TPSA) is 37.0 Å². The molecule has 0 aliphatic rings. The fourth-order valence-electron chi connectivity index (χ4n) is 2.04. The zero-order valence-electron chi connectivity index (χ0n) is 12.7. The Kier molecular flexibility index (Phi) is 6.57. The van der Waals surface area contributed by atoms with Gasteiger partial charge in [0.1, 0.15) is 5.82 Å². The Balaban J connectivity index is 2.62. The fourth-order valence-corrected chi connectivity index (χ4v) is 2.04. The number of allylic oxidation sites excluding steroid dienone is 3. The quantitative estimate of drug-likeness (QED) is 0.679. The molecule has 2 N–H and O–H groups in total. The lowest BCUT2D eigenvalue weighted by Gasteiger charge is -2.17. The van der Waals surface area contributed by atoms with Crippen molar-refractivity contribution in [3.63, 3.8) is 0 Å². The van der Waals surface area contributed by atoms with E-state index in [2.05, 4.69) is 49.5 Å². The van der Waals surface area contributed by atoms with Crippen molar-refractivity contribution in [3.8, 4) is 0 Å². The molecule has 3 nitrogen and oxygen atoms in total. The molecule has 1 aromatic heterocycles. The van der Waals surface area contributed by atoms with E-state index in [4.69, 9.17) is 0 Å². The molecule has 0 spiro atoms. The summed E-state index contributed by atoms with van der Waals surface area (Å²) in [7, 11) is 0. The van der Waals surface area contributed by atoms with Crippen LogP contribution in [0.4, 0.5) is 11.5 Å². The van der Waals surface area contributed by atoms with E-state index in [9.17, 15) is 0 Å². The Morgan fingerprint density at radius 3 is 2.55 bits per heavy atom. The molecule has 0 aliphatic heterocycles. The van der Waals surface area contributed by atoms with Gasteiger partial charge in [-0.3, -0.25) is 0 Å². The highest BCUT2D eigenvalue weighted by Gasteiger charge is 2.05. The maximum Gasteiger partial charge on any atom is 0.130 e. The van der Waals surface area contributed by atoms with Gasteiger partial charge in [0.15, 0.2) is 0 Å². The van der Waals surface area contributed by atoms with Gasteiger partial charge in [-0.1, -0.05) is 33.1 Å². The molecule has 0 bridgehead atoms. The Morgan fingerprint density at radius 1 is 1.30 bits per heavy atom. The van der Waals surface area contributed by atoms with Crippen LogP contribution in [0, 0.1) is 5.92 Å². The first-order valence-corrected chi connectivity index (χ1v) is 7.00. The zero-order chi connectivity index (χ0) is 15.0. The lowest BCUT2D eigenvalue weighted by molar-refractivity contribution is 0.539. The average molecular weight is 271 g/mol. The van der Waals surface area contributed by atoms with Crippen LogP contribution < -0.4 is 10.6 Å². The lowest BCUT2D eigenvalue weighted by Crippen LogP contribution is -2.17. The van der Waals surface area contributed by atoms with Crippen molar-refractivity contribution in [2.45, 2.75) is 33.2 Å². The van der Waals surface area contributed by atoms with Crippen LogP contribution in [0.2, 0.25) is 0 Å². The second-order valence-electron chi connectivity index (χ2n) is 5.29. The lowest BCUT2D eigenvalue weighted by atomic mass is 10.1. The van der Waals surface area contributed by atoms with Crippen LogP contribution in [0.15, 0.2) is 55.4 Å². The van der Waals surface area contributed by atoms with E-state index < -0.39 is 0 Å². The second-order valence-corrected chi connectivity index (χ2v) is 5.29. The molecule has 0 amide bonds. The maximum atomic E-state index is 4.38. The van der Waals surface area contributed by atoms with Gasteiger partial charge in [0.25, 0.3) is 0 Å². The number of anilines is 2. The summed E-state index contributed by atoms with van der Waals surface area (Å²) in [5.74, 6) is 1.48. The van der Waals surface area contributed by atoms with Gasteiger partial charge in [-0.05, 0) is 43.5 Å². The molecule has 1 aromatic rings. The van der Waals surface area contributed by atoms with Crippen LogP contribution in [-0.2, 0) is 0 Å². The number of hydrogen-bond donors (Lipinski definition) is 2. The number of nitrogens with zero attached hydrogens (tertiary/aromatic N) is 1. The summed E-state index contributed by atoms with van der Waals surface area (Å²) in [4.78, 5) is 4.38. The highest BCUT2D eigenvalue weighted by molar-refractivity contribution is 5.51. The number of nitrogens with one attached hydrogen (secondary N) is 2. The number of rotatable bonds is 8. The minimum absolute atomic E-state index is 0.444. The van der Waals surface area contributed by atoms with Crippen molar-refractivity contribution in [3.05, 3.63) is 55.4 Å². The highest BCUT2D eigenvalue weighted by Crippen LogP contribution is 2.15. The van der Waals surface area contributed by atoms with E-state index in [-0.39, 0.29) is 0 Å². The summed E-state index contributed by atoms with van der Waals surface area (Å²) in [6, 6.07) is 4.42. The molecule has 0 aromatic carbocycles. The largest absolute Gasteiger partial charge is 0.381 e. The summed E-state index contributed by atoms with van der Waals surface area (Å²) >= 11 is 0. The van der Waals surface area contributed by atoms with E-state index in [1.807, 2.05) is 24.4 Å². The summed E-state index contributed by atoms with van der Waals surface area (Å²) in [5.41, 5.74) is 1.91. The normalized spacial score (nSPS) is 12.9. The van der Waals surface area contributed by atoms with Crippen molar-refractivity contribution in [2.24, 2.45) is 5.92 Å². The van der Waals surface area contributed by atoms with Gasteiger partial charge in [0.2, 0.25) is 0 Å². The van der Waals surface area contributed by atoms with E-state index in [1.54, 1.807) is 12.2 Å². The summed E-state index contributed by atoms with van der Waals surface area (Å²) in [6.07, 6.45) is 8.29. The number of hydrogen-bond acceptors (Lipinski definition) is 3. The number of aromatic nitrogens is 1. The van der Waals surface area contributed by atoms with Crippen molar-refractivity contribution in [1.82, 2.24) is 4.98 Å². The Morgan fingerprint density at radius 2 is 2.05 bits per heavy atom. The highest BCUT2D eigenvalue weighted by atomic mass is 15.0. The van der Waals surface area contributed by atoms with Gasteiger partial charge in [-0.2, -0.15) is 0 Å². The molecule has 0 saturated heterocycles. The predicted octanol–water partition coefficient (Wildman–Crippen LogP) is 4.60. The van der Waals surface area contributed by atoms with Crippen LogP contribution in [0.25, 0.3) is 0 Å². The minimum atomic E-state index is 0.444. The smallest absolute Gasteiger partial charge is 0.130 e. The average Bonchev–Trinajstić information content (AvgIpc) is 2.39. The molecule has 1 unspecified atom stereocenters. The fraction of sp³-hybridized carbons (Fsp3) is 0.353. The van der Waals surface area contributed by atoms with Crippen molar-refractivity contribution in [1.29, 1.82) is 0 Å². The SMILES string of the molecule is C=C/C=C(\C=C)Nc1ccc(NC(C)CC(C)C)cn1. The first-order chi connectivity index (χ1) is 9.55. The van der Waals surface area contributed by atoms with Gasteiger partial charge < -0.3 is 10.6 Å². The molecule has 3 heteroatoms. The van der Waals surface area contributed by atoms with Gasteiger partial charge in [-0.25, -0.2) is 4.98 Å². The molecule has 1 heterocycles. The molecular weight excluding hydrogens is 246 g/mol. The molecular formula is C17H25N3. The van der Waals surface area contributed by atoms with Crippen LogP contribution in [0.3, 0.4) is 0 Å². The second kappa shape index (κ2) is 8.20. The Hall–Kier alpha value is -2.03. The third kappa shape index (κ3) is 5.74. The summed E-state index contributed by atoms with van der Waals surface area (Å²) in [6.45, 7) is 14.1. The van der Waals surface area contributed by atoms with E-state index in [0.717, 1.165) is 23.6 Å². The molecule has 0 aliphatic carbocycles. The van der Waals surface area contributed by atoms with Crippen LogP contribution >= 0.6 is 0 Å². The number of pyridine rings is 1. The third-order valence-corrected chi connectivity index (χ3v) is 2.79. The van der Waals surface area contributed by atoms with Gasteiger partial charge in [0, 0.05) is 11.7 Å². The third-order valence-electron chi connectivity index (χ3n) is 2.79. The standard InChI is InChI=1S/C17H25N3/c1-6-8-15(7-2)20-17-10-9-16(12-18-17)19-14(5)11-13(3)4/h6-10,12-14,19H,1-2,11H2,3-5H3,(H,18,20)/b15-8+. The van der Waals surface area contributed by atoms with Gasteiger partial charge >= 0.3 is 0 Å². The predicted molar refractivity (Wildman–Crippen MR) is 88.9 cm³/mol. The molecule has 0 fully saturated rings. The van der Waals surface area contributed by atoms with Crippen LogP contribution in [0.1, 0.15) is 27.2 Å². The van der Waals surface area contributed by atoms with E-state index in [1.165, 1.54) is 0 Å². The molecule has 0 saturated carbocycles. The molecule has 20 heavy (non-hydrogen) atoms. The molecule has 0 radical (unpaired) electrons. The van der Waals surface area contributed by atoms with Crippen molar-refractivity contribution < 1.29 is 0 Å². The van der Waals surface area contributed by atoms with Gasteiger partial charge in [-0.15, -0.1) is 0 Å². The monoisotopic (exact) mass is 271 g/mol. The maximum absolute atomic E-state index is 4.38. The van der Waals surface area contributed by atoms with Crippen LogP contribution in [0.5, 0.6) is 0 Å². The Bertz CT molecular complexity index is 458. The molecule has 108 valence electrons. The van der Waals surface area contributed by atoms with Crippen molar-refractivity contribution >= 4 is 11.5 Å². The van der Waals surface area contributed by atoms with Crippen molar-refractivity contribution in [2.75, 3.05) is 10.6 Å². The van der Waals surface area contributed by atoms with Crippen LogP contribution in [-0.4, -0.2) is 11.0 Å². The van der Waals surface area contributed by atoms with E-state index in [0.29, 0.717) is 12.0 Å². The zero-order valence-corrected chi connectivity index (χ0v) is 12.7. The first kappa shape index (κ1) is 16.0. The summed E-state index contributed by atoms with van der Waals surface area (Å²) < 4.78 is 0. The summed E-state index contributed by atoms with van der Waals surface area (Å²) in [5, 5.41) is 6.63. The Labute approximate surface area is 122 Å². The molecule has 1 atom stereocenters.